The van der Waals surface area contributed by atoms with Crippen LogP contribution < -0.4 is 20.1 Å². The average Bonchev–Trinajstić information content (AvgIpc) is 3.56. The van der Waals surface area contributed by atoms with Gasteiger partial charge in [-0.15, -0.1) is 5.10 Å². The van der Waals surface area contributed by atoms with E-state index in [1.54, 1.807) is 24.4 Å². The zero-order valence-electron chi connectivity index (χ0n) is 26.3. The van der Waals surface area contributed by atoms with E-state index in [0.717, 1.165) is 25.8 Å². The number of amides is 1. The van der Waals surface area contributed by atoms with Crippen LogP contribution in [0.3, 0.4) is 0 Å². The number of halogens is 1. The monoisotopic (exact) mass is 645 g/mol. The lowest BCUT2D eigenvalue weighted by Gasteiger charge is -2.24. The summed E-state index contributed by atoms with van der Waals surface area (Å²) in [5, 5.41) is 10.7. The van der Waals surface area contributed by atoms with Crippen molar-refractivity contribution in [3.8, 4) is 11.7 Å². The van der Waals surface area contributed by atoms with E-state index >= 15 is 0 Å². The zero-order chi connectivity index (χ0) is 32.1. The van der Waals surface area contributed by atoms with Gasteiger partial charge in [0.15, 0.2) is 10.8 Å². The summed E-state index contributed by atoms with van der Waals surface area (Å²) in [5.74, 6) is 2.25. The molecular formula is C31H44ClN7O4S. The molecule has 0 spiro atoms. The first-order valence-corrected chi connectivity index (χ1v) is 17.0. The van der Waals surface area contributed by atoms with Gasteiger partial charge in [-0.3, -0.25) is 4.79 Å². The Morgan fingerprint density at radius 2 is 1.89 bits per heavy atom. The van der Waals surface area contributed by atoms with Gasteiger partial charge < -0.3 is 15.4 Å². The van der Waals surface area contributed by atoms with Gasteiger partial charge in [0, 0.05) is 24.3 Å². The molecule has 3 N–H and O–H groups in total. The van der Waals surface area contributed by atoms with Crippen molar-refractivity contribution in [1.29, 1.82) is 0 Å². The van der Waals surface area contributed by atoms with Gasteiger partial charge in [0.25, 0.3) is 15.9 Å². The maximum atomic E-state index is 13.0. The van der Waals surface area contributed by atoms with E-state index in [9.17, 15) is 13.2 Å². The molecule has 3 aromatic heterocycles. The third kappa shape index (κ3) is 8.92. The van der Waals surface area contributed by atoms with E-state index in [1.165, 1.54) is 22.9 Å². The number of carbonyl (C=O) groups excluding carboxylic acids is 1. The van der Waals surface area contributed by atoms with E-state index in [-0.39, 0.29) is 21.3 Å². The Morgan fingerprint density at radius 1 is 1.14 bits per heavy atom. The molecule has 1 atom stereocenters. The van der Waals surface area contributed by atoms with Gasteiger partial charge in [-0.05, 0) is 87.6 Å². The molecule has 1 aliphatic heterocycles. The molecule has 3 aromatic rings. The van der Waals surface area contributed by atoms with Crippen molar-refractivity contribution in [2.75, 3.05) is 25.0 Å². The summed E-state index contributed by atoms with van der Waals surface area (Å²) in [4.78, 5) is 21.4. The molecular weight excluding hydrogens is 602 g/mol. The van der Waals surface area contributed by atoms with Crippen molar-refractivity contribution in [3.63, 3.8) is 0 Å². The number of hydrogen-bond acceptors (Lipinski definition) is 9. The summed E-state index contributed by atoms with van der Waals surface area (Å²) in [6, 6.07) is 9.26. The fourth-order valence-electron chi connectivity index (χ4n) is 5.56. The Morgan fingerprint density at radius 3 is 2.55 bits per heavy atom. The molecule has 1 fully saturated rings. The van der Waals surface area contributed by atoms with Crippen LogP contribution in [0.4, 0.5) is 5.82 Å². The highest BCUT2D eigenvalue weighted by atomic mass is 35.5. The smallest absolute Gasteiger partial charge is 0.281 e. The van der Waals surface area contributed by atoms with E-state index in [2.05, 4.69) is 67.2 Å². The highest BCUT2D eigenvalue weighted by Crippen LogP contribution is 2.27. The Balaban J connectivity index is 1.34. The molecule has 0 radical (unpaired) electrons. The van der Waals surface area contributed by atoms with Gasteiger partial charge in [-0.25, -0.2) is 19.4 Å². The summed E-state index contributed by atoms with van der Waals surface area (Å²) in [5.41, 5.74) is 0.0804. The standard InChI is InChI=1S/C31H44ClN7O4S/c1-20(2)24(21(3)4)19-43-27-14-16-39(37-27)26-13-12-23(29(32)36-26)30(40)38-44(41,42)28-11-7-10-25(35-28)33-15-8-9-22-17-31(5,6)34-18-22/h7,10-14,16,20-22,24,34H,8-9,15,17-19H2,1-6H3,(H,33,35)(H,38,40)/t22-/m0/s1. The molecule has 0 saturated carbocycles. The average molecular weight is 646 g/mol. The highest BCUT2D eigenvalue weighted by Gasteiger charge is 2.29. The van der Waals surface area contributed by atoms with E-state index in [4.69, 9.17) is 16.3 Å². The Bertz CT molecular complexity index is 1530. The first-order chi connectivity index (χ1) is 20.7. The number of aromatic nitrogens is 4. The predicted octanol–water partition coefficient (Wildman–Crippen LogP) is 5.32. The summed E-state index contributed by atoms with van der Waals surface area (Å²) in [6.45, 7) is 15.3. The molecule has 11 nitrogen and oxygen atoms in total. The van der Waals surface area contributed by atoms with Crippen LogP contribution in [0.1, 0.15) is 71.2 Å². The van der Waals surface area contributed by atoms with Crippen LogP contribution in [0.2, 0.25) is 5.15 Å². The van der Waals surface area contributed by atoms with Gasteiger partial charge in [0.1, 0.15) is 11.0 Å². The van der Waals surface area contributed by atoms with Gasteiger partial charge in [0.05, 0.1) is 12.2 Å². The van der Waals surface area contributed by atoms with Gasteiger partial charge in [-0.2, -0.15) is 8.42 Å². The quantitative estimate of drug-likeness (QED) is 0.157. The molecule has 1 amide bonds. The normalized spacial score (nSPS) is 16.5. The van der Waals surface area contributed by atoms with Crippen LogP contribution in [0.15, 0.2) is 47.6 Å². The van der Waals surface area contributed by atoms with Gasteiger partial charge in [-0.1, -0.05) is 45.4 Å². The number of nitrogens with zero attached hydrogens (tertiary/aromatic N) is 4. The van der Waals surface area contributed by atoms with Crippen LogP contribution in [0.25, 0.3) is 5.82 Å². The van der Waals surface area contributed by atoms with Crippen molar-refractivity contribution in [3.05, 3.63) is 53.3 Å². The molecule has 240 valence electrons. The number of rotatable bonds is 14. The number of sulfonamides is 1. The third-order valence-corrected chi connectivity index (χ3v) is 9.52. The second kappa shape index (κ2) is 14.3. The predicted molar refractivity (Wildman–Crippen MR) is 172 cm³/mol. The van der Waals surface area contributed by atoms with Crippen LogP contribution in [0.5, 0.6) is 5.88 Å². The van der Waals surface area contributed by atoms with Crippen LogP contribution in [-0.4, -0.2) is 59.3 Å². The maximum absolute atomic E-state index is 13.0. The molecule has 1 aliphatic rings. The maximum Gasteiger partial charge on any atom is 0.281 e. The van der Waals surface area contributed by atoms with Crippen molar-refractivity contribution in [2.24, 2.45) is 23.7 Å². The fourth-order valence-corrected chi connectivity index (χ4v) is 6.73. The van der Waals surface area contributed by atoms with E-state index < -0.39 is 15.9 Å². The first-order valence-electron chi connectivity index (χ1n) is 15.1. The second-order valence-corrected chi connectivity index (χ2v) is 14.8. The lowest BCUT2D eigenvalue weighted by Crippen LogP contribution is -2.31. The summed E-state index contributed by atoms with van der Waals surface area (Å²) < 4.78 is 35.5. The Labute approximate surface area is 265 Å². The van der Waals surface area contributed by atoms with Crippen molar-refractivity contribution in [2.45, 2.75) is 71.4 Å². The molecule has 1 saturated heterocycles. The van der Waals surface area contributed by atoms with Crippen LogP contribution in [0, 0.1) is 23.7 Å². The molecule has 0 bridgehead atoms. The summed E-state index contributed by atoms with van der Waals surface area (Å²) in [7, 11) is -4.27. The van der Waals surface area contributed by atoms with Gasteiger partial charge in [0.2, 0.25) is 5.88 Å². The lowest BCUT2D eigenvalue weighted by atomic mass is 9.86. The van der Waals surface area contributed by atoms with Crippen molar-refractivity contribution < 1.29 is 17.9 Å². The second-order valence-electron chi connectivity index (χ2n) is 12.8. The minimum Gasteiger partial charge on any atom is -0.476 e. The van der Waals surface area contributed by atoms with Crippen molar-refractivity contribution in [1.82, 2.24) is 29.8 Å². The molecule has 4 rings (SSSR count). The Kier molecular flexibility index (Phi) is 10.9. The number of pyridine rings is 2. The molecule has 0 aliphatic carbocycles. The number of hydrogen-bond donors (Lipinski definition) is 3. The minimum absolute atomic E-state index is 0.0989. The van der Waals surface area contributed by atoms with E-state index in [1.807, 2.05) is 4.72 Å². The molecule has 4 heterocycles. The summed E-state index contributed by atoms with van der Waals surface area (Å²) >= 11 is 6.32. The third-order valence-electron chi connectivity index (χ3n) is 8.00. The highest BCUT2D eigenvalue weighted by molar-refractivity contribution is 7.90. The summed E-state index contributed by atoms with van der Waals surface area (Å²) in [6.07, 6.45) is 4.81. The zero-order valence-corrected chi connectivity index (χ0v) is 27.9. The number of carbonyl (C=O) groups is 1. The fraction of sp³-hybridized carbons (Fsp3) is 0.548. The number of anilines is 1. The molecule has 0 unspecified atom stereocenters. The van der Waals surface area contributed by atoms with Crippen molar-refractivity contribution >= 4 is 33.3 Å². The van der Waals surface area contributed by atoms with E-state index in [0.29, 0.717) is 54.3 Å². The lowest BCUT2D eigenvalue weighted by molar-refractivity contribution is 0.0981. The molecule has 0 aromatic carbocycles. The number of ether oxygens (including phenoxy) is 1. The largest absolute Gasteiger partial charge is 0.476 e. The topological polar surface area (TPSA) is 140 Å². The Hall–Kier alpha value is -3.22. The molecule has 13 heteroatoms. The minimum atomic E-state index is -4.27. The van der Waals surface area contributed by atoms with Crippen LogP contribution in [-0.2, 0) is 10.0 Å². The first kappa shape index (κ1) is 33.7. The molecule has 44 heavy (non-hydrogen) atoms. The number of nitrogens with one attached hydrogen (secondary N) is 3. The SMILES string of the molecule is CC(C)C(COc1ccn(-c2ccc(C(=O)NS(=O)(=O)c3cccc(NCCC[C@@H]4CNC(C)(C)C4)n3)c(Cl)n2)n1)C(C)C. The van der Waals surface area contributed by atoms with Gasteiger partial charge >= 0.3 is 0 Å². The van der Waals surface area contributed by atoms with Crippen LogP contribution >= 0.6 is 11.6 Å².